The number of aliphatic hydroxyl groups excluding tert-OH is 1. The number of alkyl halides is 3. The fourth-order valence-corrected chi connectivity index (χ4v) is 5.52. The Bertz CT molecular complexity index is 1080. The van der Waals surface area contributed by atoms with E-state index in [2.05, 4.69) is 0 Å². The number of benzene rings is 1. The van der Waals surface area contributed by atoms with E-state index < -0.39 is 41.3 Å². The zero-order valence-electron chi connectivity index (χ0n) is 18.3. The molecule has 1 aromatic carbocycles. The Morgan fingerprint density at radius 3 is 2.30 bits per heavy atom. The summed E-state index contributed by atoms with van der Waals surface area (Å²) in [4.78, 5) is 28.1. The van der Waals surface area contributed by atoms with Gasteiger partial charge >= 0.3 is 12.1 Å². The third-order valence-electron chi connectivity index (χ3n) is 6.40. The van der Waals surface area contributed by atoms with Crippen molar-refractivity contribution in [3.63, 3.8) is 0 Å². The maximum absolute atomic E-state index is 13.1. The highest BCUT2D eigenvalue weighted by molar-refractivity contribution is 7.12. The Morgan fingerprint density at radius 2 is 1.79 bits per heavy atom. The smallest absolute Gasteiger partial charge is 0.416 e. The Balaban J connectivity index is 1.58. The molecule has 3 atom stereocenters. The van der Waals surface area contributed by atoms with Crippen molar-refractivity contribution in [2.75, 3.05) is 0 Å². The average Bonchev–Trinajstić information content (AvgIpc) is 3.51. The molecular formula is C25H25F3O4S. The molecule has 33 heavy (non-hydrogen) atoms. The van der Waals surface area contributed by atoms with Gasteiger partial charge in [-0.15, -0.1) is 11.3 Å². The van der Waals surface area contributed by atoms with Crippen LogP contribution < -0.4 is 0 Å². The van der Waals surface area contributed by atoms with E-state index in [9.17, 15) is 27.9 Å². The molecule has 0 saturated heterocycles. The average molecular weight is 479 g/mol. The van der Waals surface area contributed by atoms with Gasteiger partial charge in [0.1, 0.15) is 0 Å². The monoisotopic (exact) mass is 478 g/mol. The molecule has 8 heteroatoms. The zero-order valence-corrected chi connectivity index (χ0v) is 19.1. The van der Waals surface area contributed by atoms with E-state index in [0.717, 1.165) is 34.7 Å². The number of carbonyl (C=O) groups excluding carboxylic acids is 2. The Labute approximate surface area is 194 Å². The minimum absolute atomic E-state index is 0.0324. The summed E-state index contributed by atoms with van der Waals surface area (Å²) in [7, 11) is 0. The lowest BCUT2D eigenvalue weighted by Gasteiger charge is -2.31. The second kappa shape index (κ2) is 8.97. The highest BCUT2D eigenvalue weighted by atomic mass is 32.1. The number of aryl methyl sites for hydroxylation is 1. The van der Waals surface area contributed by atoms with Crippen molar-refractivity contribution in [3.05, 3.63) is 68.6 Å². The van der Waals surface area contributed by atoms with E-state index in [1.807, 2.05) is 26.0 Å². The number of ether oxygens (including phenoxy) is 1. The van der Waals surface area contributed by atoms with E-state index in [1.54, 1.807) is 0 Å². The normalized spacial score (nSPS) is 21.2. The van der Waals surface area contributed by atoms with Gasteiger partial charge in [-0.1, -0.05) is 19.1 Å². The molecular weight excluding hydrogens is 453 g/mol. The zero-order chi connectivity index (χ0) is 23.9. The van der Waals surface area contributed by atoms with Gasteiger partial charge in [-0.2, -0.15) is 13.2 Å². The van der Waals surface area contributed by atoms with Gasteiger partial charge in [-0.3, -0.25) is 4.79 Å². The molecule has 1 aliphatic heterocycles. The fourth-order valence-electron chi connectivity index (χ4n) is 4.44. The molecule has 1 saturated carbocycles. The van der Waals surface area contributed by atoms with Gasteiger partial charge in [0.25, 0.3) is 0 Å². The maximum Gasteiger partial charge on any atom is 0.416 e. The molecule has 4 nitrogen and oxygen atoms in total. The highest BCUT2D eigenvalue weighted by Crippen LogP contribution is 2.50. The third kappa shape index (κ3) is 4.86. The molecule has 3 unspecified atom stereocenters. The van der Waals surface area contributed by atoms with Crippen molar-refractivity contribution in [2.45, 2.75) is 57.7 Å². The van der Waals surface area contributed by atoms with Crippen LogP contribution in [0.15, 0.2) is 47.7 Å². The van der Waals surface area contributed by atoms with Crippen LogP contribution in [0.3, 0.4) is 0 Å². The number of hydrogen-bond acceptors (Lipinski definition) is 5. The van der Waals surface area contributed by atoms with Crippen LogP contribution in [-0.2, 0) is 26.9 Å². The lowest BCUT2D eigenvalue weighted by molar-refractivity contribution is -0.158. The number of cyclic esters (lactones) is 1. The van der Waals surface area contributed by atoms with E-state index in [1.165, 1.54) is 23.5 Å². The minimum atomic E-state index is -4.43. The lowest BCUT2D eigenvalue weighted by atomic mass is 9.83. The molecule has 0 amide bonds. The van der Waals surface area contributed by atoms with Crippen molar-refractivity contribution >= 4 is 23.1 Å². The van der Waals surface area contributed by atoms with Crippen molar-refractivity contribution in [2.24, 2.45) is 11.8 Å². The number of Topliss-reactive ketones (excluding diaryl/α,β-unsaturated/α-hetero) is 1. The second-order valence-corrected chi connectivity index (χ2v) is 10.1. The molecule has 2 aromatic rings. The number of carbonyl (C=O) groups is 2. The molecule has 1 N–H and O–H groups in total. The first-order valence-electron chi connectivity index (χ1n) is 11.0. The van der Waals surface area contributed by atoms with Gasteiger partial charge in [-0.05, 0) is 68.4 Å². The van der Waals surface area contributed by atoms with Gasteiger partial charge in [0.05, 0.1) is 11.1 Å². The maximum atomic E-state index is 13.1. The molecule has 1 aromatic heterocycles. The largest absolute Gasteiger partial charge is 0.504 e. The summed E-state index contributed by atoms with van der Waals surface area (Å²) in [5.41, 5.74) is -0.123. The standard InChI is InChI=1S/C25H25F3O4S/c1-3-15(12-14-5-9-17(10-6-14)25(26,27)28)23-22(30)21(29)20(24(31)32-23)19(16-7-8-16)18-11-4-13(2)33-18/h4-6,9-11,15-16,19,23,29H,3,7-8,12H2,1-2H3. The van der Waals surface area contributed by atoms with Crippen LogP contribution >= 0.6 is 11.3 Å². The van der Waals surface area contributed by atoms with Crippen molar-refractivity contribution in [3.8, 4) is 0 Å². The van der Waals surface area contributed by atoms with Gasteiger partial charge < -0.3 is 9.84 Å². The number of aliphatic hydroxyl groups is 1. The van der Waals surface area contributed by atoms with Gasteiger partial charge in [-0.25, -0.2) is 4.79 Å². The van der Waals surface area contributed by atoms with Crippen LogP contribution in [0, 0.1) is 18.8 Å². The van der Waals surface area contributed by atoms with Crippen LogP contribution in [0.1, 0.15) is 53.0 Å². The summed E-state index contributed by atoms with van der Waals surface area (Å²) < 4.78 is 44.1. The molecule has 0 radical (unpaired) electrons. The molecule has 0 spiro atoms. The predicted molar refractivity (Wildman–Crippen MR) is 118 cm³/mol. The van der Waals surface area contributed by atoms with E-state index in [-0.39, 0.29) is 23.8 Å². The summed E-state index contributed by atoms with van der Waals surface area (Å²) in [5, 5.41) is 10.8. The quantitative estimate of drug-likeness (QED) is 0.485. The van der Waals surface area contributed by atoms with Crippen LogP contribution in [0.5, 0.6) is 0 Å². The second-order valence-electron chi connectivity index (χ2n) is 8.78. The van der Waals surface area contributed by atoms with Crippen molar-refractivity contribution in [1.29, 1.82) is 0 Å². The van der Waals surface area contributed by atoms with Crippen molar-refractivity contribution < 1.29 is 32.6 Å². The van der Waals surface area contributed by atoms with E-state index >= 15 is 0 Å². The molecule has 176 valence electrons. The number of thiophene rings is 1. The summed E-state index contributed by atoms with van der Waals surface area (Å²) >= 11 is 1.53. The fraction of sp³-hybridized carbons (Fsp3) is 0.440. The molecule has 4 rings (SSSR count). The SMILES string of the molecule is CCC(Cc1ccc(C(F)(F)F)cc1)C1OC(=O)C(C(c2ccc(C)s2)C2CC2)=C(O)C1=O. The summed E-state index contributed by atoms with van der Waals surface area (Å²) in [5.74, 6) is -2.51. The van der Waals surface area contributed by atoms with Crippen molar-refractivity contribution in [1.82, 2.24) is 0 Å². The molecule has 2 aliphatic rings. The Kier molecular flexibility index (Phi) is 6.40. The minimum Gasteiger partial charge on any atom is -0.504 e. The number of halogens is 3. The lowest BCUT2D eigenvalue weighted by Crippen LogP contribution is -2.42. The Hall–Kier alpha value is -2.61. The first-order valence-corrected chi connectivity index (χ1v) is 11.8. The predicted octanol–water partition coefficient (Wildman–Crippen LogP) is 6.14. The van der Waals surface area contributed by atoms with E-state index in [4.69, 9.17) is 4.74 Å². The molecule has 0 bridgehead atoms. The topological polar surface area (TPSA) is 63.6 Å². The third-order valence-corrected chi connectivity index (χ3v) is 7.49. The van der Waals surface area contributed by atoms with Crippen LogP contribution in [0.2, 0.25) is 0 Å². The molecule has 2 heterocycles. The van der Waals surface area contributed by atoms with Crippen LogP contribution in [0.25, 0.3) is 0 Å². The summed E-state index contributed by atoms with van der Waals surface area (Å²) in [6, 6.07) is 8.59. The molecule has 1 aliphatic carbocycles. The van der Waals surface area contributed by atoms with E-state index in [0.29, 0.717) is 12.0 Å². The first-order chi connectivity index (χ1) is 15.6. The number of esters is 1. The summed E-state index contributed by atoms with van der Waals surface area (Å²) in [6.07, 6.45) is -3.08. The van der Waals surface area contributed by atoms with Gasteiger partial charge in [0, 0.05) is 21.6 Å². The van der Waals surface area contributed by atoms with Crippen LogP contribution in [0.4, 0.5) is 13.2 Å². The van der Waals surface area contributed by atoms with Gasteiger partial charge in [0.15, 0.2) is 11.9 Å². The van der Waals surface area contributed by atoms with Crippen LogP contribution in [-0.4, -0.2) is 23.0 Å². The molecule has 1 fully saturated rings. The number of ketones is 1. The Morgan fingerprint density at radius 1 is 1.12 bits per heavy atom. The number of hydrogen-bond donors (Lipinski definition) is 1. The van der Waals surface area contributed by atoms with Gasteiger partial charge in [0.2, 0.25) is 5.78 Å². The number of rotatable bonds is 7. The summed E-state index contributed by atoms with van der Waals surface area (Å²) in [6.45, 7) is 3.77. The highest BCUT2D eigenvalue weighted by Gasteiger charge is 2.47. The first kappa shape index (κ1) is 23.5.